The zero-order valence-electron chi connectivity index (χ0n) is 12.4. The van der Waals surface area contributed by atoms with Crippen molar-refractivity contribution in [2.45, 2.75) is 6.10 Å². The summed E-state index contributed by atoms with van der Waals surface area (Å²) < 4.78 is 6.41. The van der Waals surface area contributed by atoms with Crippen LogP contribution in [0, 0.1) is 0 Å². The molecule has 1 aromatic carbocycles. The smallest absolute Gasteiger partial charge is 0.317 e. The van der Waals surface area contributed by atoms with Gasteiger partial charge in [0.15, 0.2) is 0 Å². The Morgan fingerprint density at radius 3 is 2.86 bits per heavy atom. The van der Waals surface area contributed by atoms with Gasteiger partial charge < -0.3 is 14.7 Å². The molecule has 1 unspecified atom stereocenters. The Labute approximate surface area is 137 Å². The lowest BCUT2D eigenvalue weighted by molar-refractivity contribution is -0.138. The van der Waals surface area contributed by atoms with Gasteiger partial charge in [-0.3, -0.25) is 14.5 Å². The summed E-state index contributed by atoms with van der Waals surface area (Å²) in [5.41, 5.74) is 0.627. The summed E-state index contributed by atoms with van der Waals surface area (Å²) >= 11 is 3.39. The standard InChI is InChI=1S/C15H19BrN2O4/c1-17(10-14(19)20)8-11-9-18(6-7-22-11)15(21)12-4-2-3-5-13(12)16/h2-5,11H,6-10H2,1H3,(H,19,20). The van der Waals surface area contributed by atoms with E-state index in [1.54, 1.807) is 22.9 Å². The van der Waals surface area contributed by atoms with E-state index in [4.69, 9.17) is 9.84 Å². The number of amides is 1. The molecule has 6 nitrogen and oxygen atoms in total. The predicted molar refractivity (Wildman–Crippen MR) is 84.9 cm³/mol. The second-order valence-corrected chi connectivity index (χ2v) is 6.17. The van der Waals surface area contributed by atoms with Crippen LogP contribution in [0.25, 0.3) is 0 Å². The number of ether oxygens (including phenoxy) is 1. The molecule has 1 saturated heterocycles. The number of morpholine rings is 1. The van der Waals surface area contributed by atoms with Crippen molar-refractivity contribution in [1.29, 1.82) is 0 Å². The molecule has 1 aromatic rings. The summed E-state index contributed by atoms with van der Waals surface area (Å²) in [6.45, 7) is 1.90. The molecule has 1 N–H and O–H groups in total. The highest BCUT2D eigenvalue weighted by atomic mass is 79.9. The summed E-state index contributed by atoms with van der Waals surface area (Å²) in [5.74, 6) is -0.916. The molecule has 120 valence electrons. The molecule has 1 atom stereocenters. The Morgan fingerprint density at radius 1 is 1.45 bits per heavy atom. The highest BCUT2D eigenvalue weighted by molar-refractivity contribution is 9.10. The van der Waals surface area contributed by atoms with Crippen molar-refractivity contribution < 1.29 is 19.4 Å². The van der Waals surface area contributed by atoms with Crippen LogP contribution in [0.1, 0.15) is 10.4 Å². The van der Waals surface area contributed by atoms with Gasteiger partial charge in [0.1, 0.15) is 0 Å². The number of benzene rings is 1. The van der Waals surface area contributed by atoms with Crippen molar-refractivity contribution in [2.75, 3.05) is 39.8 Å². The summed E-state index contributed by atoms with van der Waals surface area (Å²) in [6, 6.07) is 7.32. The van der Waals surface area contributed by atoms with E-state index in [2.05, 4.69) is 15.9 Å². The third kappa shape index (κ3) is 4.53. The van der Waals surface area contributed by atoms with E-state index in [0.717, 1.165) is 4.47 Å². The predicted octanol–water partition coefficient (Wildman–Crippen LogP) is 1.31. The van der Waals surface area contributed by atoms with Crippen molar-refractivity contribution in [2.24, 2.45) is 0 Å². The number of carbonyl (C=O) groups is 2. The minimum atomic E-state index is -0.876. The molecule has 1 aliphatic rings. The third-order valence-corrected chi connectivity index (χ3v) is 4.14. The number of nitrogens with zero attached hydrogens (tertiary/aromatic N) is 2. The van der Waals surface area contributed by atoms with E-state index in [-0.39, 0.29) is 18.6 Å². The Hall–Kier alpha value is -1.44. The van der Waals surface area contributed by atoms with E-state index >= 15 is 0 Å². The lowest BCUT2D eigenvalue weighted by Crippen LogP contribution is -2.49. The van der Waals surface area contributed by atoms with E-state index < -0.39 is 5.97 Å². The zero-order chi connectivity index (χ0) is 16.1. The average Bonchev–Trinajstić information content (AvgIpc) is 2.46. The van der Waals surface area contributed by atoms with Gasteiger partial charge in [-0.1, -0.05) is 12.1 Å². The Bertz CT molecular complexity index is 552. The first-order chi connectivity index (χ1) is 10.5. The molecule has 1 amide bonds. The van der Waals surface area contributed by atoms with Crippen LogP contribution in [0.5, 0.6) is 0 Å². The minimum absolute atomic E-state index is 0.0401. The second-order valence-electron chi connectivity index (χ2n) is 5.31. The number of carboxylic acids is 1. The Morgan fingerprint density at radius 2 is 2.18 bits per heavy atom. The van der Waals surface area contributed by atoms with Crippen LogP contribution in [0.4, 0.5) is 0 Å². The molecule has 0 aliphatic carbocycles. The first kappa shape index (κ1) is 16.9. The molecule has 7 heteroatoms. The fraction of sp³-hybridized carbons (Fsp3) is 0.467. The number of hydrogen-bond donors (Lipinski definition) is 1. The van der Waals surface area contributed by atoms with Gasteiger partial charge in [0.2, 0.25) is 0 Å². The Kier molecular flexibility index (Phi) is 5.93. The summed E-state index contributed by atoms with van der Waals surface area (Å²) in [6.07, 6.45) is -0.176. The topological polar surface area (TPSA) is 70.1 Å². The molecule has 1 aliphatic heterocycles. The van der Waals surface area contributed by atoms with Crippen molar-refractivity contribution >= 4 is 27.8 Å². The number of rotatable bonds is 5. The van der Waals surface area contributed by atoms with Crippen LogP contribution in [0.2, 0.25) is 0 Å². The maximum atomic E-state index is 12.6. The van der Waals surface area contributed by atoms with Crippen LogP contribution in [0.15, 0.2) is 28.7 Å². The van der Waals surface area contributed by atoms with Crippen molar-refractivity contribution in [3.8, 4) is 0 Å². The first-order valence-corrected chi connectivity index (χ1v) is 7.82. The van der Waals surface area contributed by atoms with Gasteiger partial charge in [0.05, 0.1) is 24.8 Å². The number of carbonyl (C=O) groups excluding carboxylic acids is 1. The van der Waals surface area contributed by atoms with Crippen LogP contribution < -0.4 is 0 Å². The van der Waals surface area contributed by atoms with Gasteiger partial charge >= 0.3 is 5.97 Å². The fourth-order valence-electron chi connectivity index (χ4n) is 2.46. The fourth-order valence-corrected chi connectivity index (χ4v) is 2.92. The molecule has 1 fully saturated rings. The second kappa shape index (κ2) is 7.71. The first-order valence-electron chi connectivity index (χ1n) is 7.03. The maximum Gasteiger partial charge on any atom is 0.317 e. The molecular formula is C15H19BrN2O4. The van der Waals surface area contributed by atoms with Gasteiger partial charge in [0.25, 0.3) is 5.91 Å². The van der Waals surface area contributed by atoms with E-state index in [0.29, 0.717) is 31.8 Å². The largest absolute Gasteiger partial charge is 0.480 e. The number of aliphatic carboxylic acids is 1. The molecule has 2 rings (SSSR count). The minimum Gasteiger partial charge on any atom is -0.480 e. The van der Waals surface area contributed by atoms with E-state index in [1.807, 2.05) is 18.2 Å². The molecule has 1 heterocycles. The highest BCUT2D eigenvalue weighted by Crippen LogP contribution is 2.19. The molecule has 22 heavy (non-hydrogen) atoms. The number of carboxylic acid groups (broad SMARTS) is 1. The van der Waals surface area contributed by atoms with Crippen molar-refractivity contribution in [3.05, 3.63) is 34.3 Å². The number of hydrogen-bond acceptors (Lipinski definition) is 4. The van der Waals surface area contributed by atoms with E-state index in [9.17, 15) is 9.59 Å². The molecular weight excluding hydrogens is 352 g/mol. The molecule has 0 aromatic heterocycles. The average molecular weight is 371 g/mol. The SMILES string of the molecule is CN(CC(=O)O)CC1CN(C(=O)c2ccccc2Br)CCO1. The quantitative estimate of drug-likeness (QED) is 0.845. The lowest BCUT2D eigenvalue weighted by Gasteiger charge is -2.34. The summed E-state index contributed by atoms with van der Waals surface area (Å²) in [4.78, 5) is 26.7. The van der Waals surface area contributed by atoms with Gasteiger partial charge in [0, 0.05) is 24.1 Å². The summed E-state index contributed by atoms with van der Waals surface area (Å²) in [7, 11) is 1.73. The van der Waals surface area contributed by atoms with Gasteiger partial charge in [-0.2, -0.15) is 0 Å². The Balaban J connectivity index is 1.97. The zero-order valence-corrected chi connectivity index (χ0v) is 14.0. The lowest BCUT2D eigenvalue weighted by atomic mass is 10.1. The highest BCUT2D eigenvalue weighted by Gasteiger charge is 2.27. The number of likely N-dealkylation sites (N-methyl/N-ethyl adjacent to an activating group) is 1. The third-order valence-electron chi connectivity index (χ3n) is 3.45. The van der Waals surface area contributed by atoms with Gasteiger partial charge in [-0.05, 0) is 35.1 Å². The summed E-state index contributed by atoms with van der Waals surface area (Å²) in [5, 5.41) is 8.78. The number of halogens is 1. The van der Waals surface area contributed by atoms with Gasteiger partial charge in [-0.25, -0.2) is 0 Å². The monoisotopic (exact) mass is 370 g/mol. The van der Waals surface area contributed by atoms with Crippen molar-refractivity contribution in [3.63, 3.8) is 0 Å². The molecule has 0 spiro atoms. The normalized spacial score (nSPS) is 18.5. The van der Waals surface area contributed by atoms with E-state index in [1.165, 1.54) is 0 Å². The van der Waals surface area contributed by atoms with Gasteiger partial charge in [-0.15, -0.1) is 0 Å². The maximum absolute atomic E-state index is 12.6. The van der Waals surface area contributed by atoms with Crippen molar-refractivity contribution in [1.82, 2.24) is 9.80 Å². The molecule has 0 saturated carbocycles. The molecule has 0 bridgehead atoms. The molecule has 0 radical (unpaired) electrons. The van der Waals surface area contributed by atoms with Crippen LogP contribution in [-0.4, -0.2) is 72.7 Å². The van der Waals surface area contributed by atoms with Crippen LogP contribution in [0.3, 0.4) is 0 Å². The van der Waals surface area contributed by atoms with Crippen LogP contribution >= 0.6 is 15.9 Å². The van der Waals surface area contributed by atoms with Crippen LogP contribution in [-0.2, 0) is 9.53 Å².